The van der Waals surface area contributed by atoms with E-state index in [1.165, 1.54) is 0 Å². The van der Waals surface area contributed by atoms with Crippen LogP contribution in [0.5, 0.6) is 5.75 Å². The molecule has 0 amide bonds. The molecular formula is C14H14Cl2INOS. The van der Waals surface area contributed by atoms with E-state index < -0.39 is 0 Å². The second-order valence-corrected chi connectivity index (χ2v) is 6.79. The SMILES string of the molecule is CCC(CS)COc1c(I)cc(Cl)c2ccc(Cl)nc12. The Morgan fingerprint density at radius 1 is 1.40 bits per heavy atom. The molecule has 0 N–H and O–H groups in total. The molecular weight excluding hydrogens is 428 g/mol. The first-order chi connectivity index (χ1) is 9.56. The first-order valence-corrected chi connectivity index (χ1v) is 8.71. The van der Waals surface area contributed by atoms with Crippen LogP contribution in [0, 0.1) is 9.49 Å². The summed E-state index contributed by atoms with van der Waals surface area (Å²) in [5.74, 6) is 1.96. The molecule has 1 atom stereocenters. The Hall–Kier alpha value is 0.0900. The van der Waals surface area contributed by atoms with Crippen molar-refractivity contribution in [3.63, 3.8) is 0 Å². The Kier molecular flexibility index (Phi) is 6.08. The van der Waals surface area contributed by atoms with E-state index in [1.54, 1.807) is 6.07 Å². The van der Waals surface area contributed by atoms with E-state index in [1.807, 2.05) is 12.1 Å². The Morgan fingerprint density at radius 3 is 2.80 bits per heavy atom. The minimum atomic E-state index is 0.416. The first kappa shape index (κ1) is 16.5. The Labute approximate surface area is 147 Å². The average molecular weight is 442 g/mol. The molecule has 0 spiro atoms. The maximum absolute atomic E-state index is 6.25. The predicted octanol–water partition coefficient (Wildman–Crippen LogP) is 5.48. The molecule has 2 aromatic rings. The third-order valence-corrected chi connectivity index (χ3v) is 4.94. The van der Waals surface area contributed by atoms with Gasteiger partial charge in [0, 0.05) is 11.3 Å². The monoisotopic (exact) mass is 441 g/mol. The van der Waals surface area contributed by atoms with E-state index >= 15 is 0 Å². The summed E-state index contributed by atoms with van der Waals surface area (Å²) in [6, 6.07) is 5.48. The van der Waals surface area contributed by atoms with Gasteiger partial charge in [-0.2, -0.15) is 12.6 Å². The van der Waals surface area contributed by atoms with Crippen LogP contribution in [0.2, 0.25) is 10.2 Å². The fourth-order valence-corrected chi connectivity index (χ4v) is 3.49. The van der Waals surface area contributed by atoms with Gasteiger partial charge < -0.3 is 4.74 Å². The molecule has 1 aromatic heterocycles. The topological polar surface area (TPSA) is 22.1 Å². The molecule has 0 radical (unpaired) electrons. The predicted molar refractivity (Wildman–Crippen MR) is 97.6 cm³/mol. The number of thiol groups is 1. The van der Waals surface area contributed by atoms with Gasteiger partial charge in [-0.05, 0) is 53.0 Å². The number of aromatic nitrogens is 1. The van der Waals surface area contributed by atoms with Gasteiger partial charge in [0.1, 0.15) is 10.7 Å². The largest absolute Gasteiger partial charge is 0.490 e. The van der Waals surface area contributed by atoms with Gasteiger partial charge in [0.2, 0.25) is 0 Å². The van der Waals surface area contributed by atoms with Crippen molar-refractivity contribution in [2.24, 2.45) is 5.92 Å². The van der Waals surface area contributed by atoms with Gasteiger partial charge in [-0.25, -0.2) is 4.98 Å². The lowest BCUT2D eigenvalue weighted by atomic mass is 10.1. The van der Waals surface area contributed by atoms with E-state index in [4.69, 9.17) is 27.9 Å². The van der Waals surface area contributed by atoms with Crippen LogP contribution in [-0.2, 0) is 0 Å². The first-order valence-electron chi connectivity index (χ1n) is 6.24. The number of hydrogen-bond acceptors (Lipinski definition) is 3. The number of pyridine rings is 1. The summed E-state index contributed by atoms with van der Waals surface area (Å²) in [4.78, 5) is 4.36. The van der Waals surface area contributed by atoms with Crippen LogP contribution in [-0.4, -0.2) is 17.3 Å². The maximum Gasteiger partial charge on any atom is 0.158 e. The molecule has 1 aromatic carbocycles. The summed E-state index contributed by atoms with van der Waals surface area (Å²) in [6.45, 7) is 2.74. The van der Waals surface area contributed by atoms with Gasteiger partial charge in [0.25, 0.3) is 0 Å². The molecule has 2 rings (SSSR count). The summed E-state index contributed by atoms with van der Waals surface area (Å²) < 4.78 is 6.90. The lowest BCUT2D eigenvalue weighted by molar-refractivity contribution is 0.260. The van der Waals surface area contributed by atoms with Crippen molar-refractivity contribution in [2.45, 2.75) is 13.3 Å². The zero-order valence-electron chi connectivity index (χ0n) is 10.9. The number of ether oxygens (including phenoxy) is 1. The van der Waals surface area contributed by atoms with Crippen LogP contribution in [0.25, 0.3) is 10.9 Å². The van der Waals surface area contributed by atoms with Crippen LogP contribution >= 0.6 is 58.4 Å². The Balaban J connectivity index is 2.43. The third kappa shape index (κ3) is 3.64. The minimum Gasteiger partial charge on any atom is -0.490 e. The molecule has 1 heterocycles. The number of nitrogens with zero attached hydrogens (tertiary/aromatic N) is 1. The van der Waals surface area contributed by atoms with Gasteiger partial charge in [-0.1, -0.05) is 30.1 Å². The number of hydrogen-bond donors (Lipinski definition) is 1. The summed E-state index contributed by atoms with van der Waals surface area (Å²) >= 11 is 18.8. The van der Waals surface area contributed by atoms with Gasteiger partial charge >= 0.3 is 0 Å². The highest BCUT2D eigenvalue weighted by molar-refractivity contribution is 14.1. The zero-order chi connectivity index (χ0) is 14.7. The van der Waals surface area contributed by atoms with Gasteiger partial charge in [-0.3, -0.25) is 0 Å². The Bertz CT molecular complexity index is 620. The highest BCUT2D eigenvalue weighted by Crippen LogP contribution is 2.36. The molecule has 2 nitrogen and oxygen atoms in total. The van der Waals surface area contributed by atoms with E-state index in [0.29, 0.717) is 28.2 Å². The average Bonchev–Trinajstić information content (AvgIpc) is 2.42. The molecule has 108 valence electrons. The van der Waals surface area contributed by atoms with Crippen molar-refractivity contribution in [1.29, 1.82) is 0 Å². The van der Waals surface area contributed by atoms with E-state index in [0.717, 1.165) is 26.9 Å². The molecule has 0 aliphatic rings. The van der Waals surface area contributed by atoms with Crippen LogP contribution in [0.15, 0.2) is 18.2 Å². The zero-order valence-corrected chi connectivity index (χ0v) is 15.4. The summed E-state index contributed by atoms with van der Waals surface area (Å²) in [6.07, 6.45) is 1.03. The number of fused-ring (bicyclic) bond motifs is 1. The van der Waals surface area contributed by atoms with Gasteiger partial charge in [0.15, 0.2) is 5.75 Å². The molecule has 0 saturated heterocycles. The standard InChI is InChI=1S/C14H14Cl2INOS/c1-2-8(7-20)6-19-14-11(17)5-10(15)9-3-4-12(16)18-13(9)14/h3-5,8,20H,2,6-7H2,1H3. The van der Waals surface area contributed by atoms with Crippen molar-refractivity contribution in [3.05, 3.63) is 31.9 Å². The molecule has 0 aliphatic heterocycles. The normalized spacial score (nSPS) is 12.7. The highest BCUT2D eigenvalue weighted by Gasteiger charge is 2.14. The van der Waals surface area contributed by atoms with Gasteiger partial charge in [0.05, 0.1) is 15.2 Å². The second kappa shape index (κ2) is 7.38. The third-order valence-electron chi connectivity index (χ3n) is 3.10. The number of halogens is 3. The lowest BCUT2D eigenvalue weighted by Gasteiger charge is -2.16. The molecule has 0 saturated carbocycles. The fraction of sp³-hybridized carbons (Fsp3) is 0.357. The van der Waals surface area contributed by atoms with E-state index in [9.17, 15) is 0 Å². The van der Waals surface area contributed by atoms with Crippen molar-refractivity contribution in [1.82, 2.24) is 4.98 Å². The van der Waals surface area contributed by atoms with E-state index in [2.05, 4.69) is 47.1 Å². The smallest absolute Gasteiger partial charge is 0.158 e. The lowest BCUT2D eigenvalue weighted by Crippen LogP contribution is -2.13. The van der Waals surface area contributed by atoms with Crippen molar-refractivity contribution in [3.8, 4) is 5.75 Å². The number of benzene rings is 1. The van der Waals surface area contributed by atoms with Gasteiger partial charge in [-0.15, -0.1) is 0 Å². The number of rotatable bonds is 5. The van der Waals surface area contributed by atoms with Crippen LogP contribution in [0.3, 0.4) is 0 Å². The van der Waals surface area contributed by atoms with Crippen molar-refractivity contribution >= 4 is 69.3 Å². The summed E-state index contributed by atoms with van der Waals surface area (Å²) in [5, 5.41) is 1.94. The van der Waals surface area contributed by atoms with Crippen LogP contribution in [0.4, 0.5) is 0 Å². The van der Waals surface area contributed by atoms with Crippen LogP contribution in [0.1, 0.15) is 13.3 Å². The highest BCUT2D eigenvalue weighted by atomic mass is 127. The maximum atomic E-state index is 6.25. The second-order valence-electron chi connectivity index (χ2n) is 4.47. The minimum absolute atomic E-state index is 0.416. The quantitative estimate of drug-likeness (QED) is 0.377. The summed E-state index contributed by atoms with van der Waals surface area (Å²) in [5.41, 5.74) is 0.711. The molecule has 1 unspecified atom stereocenters. The van der Waals surface area contributed by atoms with E-state index in [-0.39, 0.29) is 0 Å². The fourth-order valence-electron chi connectivity index (χ4n) is 1.81. The molecule has 20 heavy (non-hydrogen) atoms. The molecule has 6 heteroatoms. The Morgan fingerprint density at radius 2 is 2.15 bits per heavy atom. The van der Waals surface area contributed by atoms with Crippen LogP contribution < -0.4 is 4.74 Å². The molecule has 0 bridgehead atoms. The van der Waals surface area contributed by atoms with Crippen molar-refractivity contribution < 1.29 is 4.74 Å². The molecule has 0 aliphatic carbocycles. The summed E-state index contributed by atoms with van der Waals surface area (Å²) in [7, 11) is 0. The van der Waals surface area contributed by atoms with Crippen molar-refractivity contribution in [2.75, 3.05) is 12.4 Å². The molecule has 0 fully saturated rings.